The summed E-state index contributed by atoms with van der Waals surface area (Å²) < 4.78 is 26.0. The van der Waals surface area contributed by atoms with E-state index in [-0.39, 0.29) is 5.91 Å². The molecular weight excluding hydrogens is 348 g/mol. The Kier molecular flexibility index (Phi) is 5.76. The minimum Gasteiger partial charge on any atom is -0.324 e. The molecule has 2 rings (SSSR count). The summed E-state index contributed by atoms with van der Waals surface area (Å²) in [6.07, 6.45) is 1.11. The summed E-state index contributed by atoms with van der Waals surface area (Å²) >= 11 is 0. The van der Waals surface area contributed by atoms with E-state index in [9.17, 15) is 13.2 Å². The number of carbonyl (C=O) groups is 1. The minimum absolute atomic E-state index is 0.373. The van der Waals surface area contributed by atoms with E-state index >= 15 is 0 Å². The van der Waals surface area contributed by atoms with Crippen molar-refractivity contribution in [2.45, 2.75) is 40.7 Å². The monoisotopic (exact) mass is 374 g/mol. The second kappa shape index (κ2) is 7.50. The Morgan fingerprint density at radius 3 is 2.15 bits per heavy atom. The van der Waals surface area contributed by atoms with Crippen LogP contribution >= 0.6 is 0 Å². The number of aryl methyl sites for hydroxylation is 4. The van der Waals surface area contributed by atoms with Gasteiger partial charge < -0.3 is 5.32 Å². The molecule has 1 N–H and O–H groups in total. The van der Waals surface area contributed by atoms with Crippen LogP contribution in [0.2, 0.25) is 0 Å². The number of hydrogen-bond donors (Lipinski definition) is 1. The molecule has 5 nitrogen and oxygen atoms in total. The molecule has 0 unspecified atom stereocenters. The van der Waals surface area contributed by atoms with Gasteiger partial charge in [0.25, 0.3) is 0 Å². The minimum atomic E-state index is -3.63. The molecule has 0 aromatic heterocycles. The average molecular weight is 375 g/mol. The van der Waals surface area contributed by atoms with Gasteiger partial charge in [0.15, 0.2) is 0 Å². The second-order valence-corrected chi connectivity index (χ2v) is 8.67. The maximum absolute atomic E-state index is 12.8. The van der Waals surface area contributed by atoms with Gasteiger partial charge in [-0.05, 0) is 75.1 Å². The normalized spacial score (nSPS) is 12.5. The van der Waals surface area contributed by atoms with E-state index in [0.29, 0.717) is 11.4 Å². The van der Waals surface area contributed by atoms with Crippen LogP contribution in [0.1, 0.15) is 29.2 Å². The van der Waals surface area contributed by atoms with Gasteiger partial charge in [-0.15, -0.1) is 0 Å². The van der Waals surface area contributed by atoms with Crippen molar-refractivity contribution >= 4 is 27.3 Å². The standard InChI is InChI=1S/C20H26N2O3S/c1-13-7-8-15(3)19(11-13)21-20(23)17(5)22(26(6,24)25)18-10-9-14(2)16(4)12-18/h7-12,17H,1-6H3,(H,21,23)/t17-/m1/s1. The fourth-order valence-electron chi connectivity index (χ4n) is 2.78. The lowest BCUT2D eigenvalue weighted by atomic mass is 10.1. The number of nitrogens with zero attached hydrogens (tertiary/aromatic N) is 1. The first-order valence-electron chi connectivity index (χ1n) is 8.45. The predicted octanol–water partition coefficient (Wildman–Crippen LogP) is 3.71. The third-order valence-corrected chi connectivity index (χ3v) is 5.73. The summed E-state index contributed by atoms with van der Waals surface area (Å²) in [5.74, 6) is -0.373. The summed E-state index contributed by atoms with van der Waals surface area (Å²) in [6.45, 7) is 9.31. The van der Waals surface area contributed by atoms with Gasteiger partial charge in [0.1, 0.15) is 6.04 Å². The highest BCUT2D eigenvalue weighted by molar-refractivity contribution is 7.92. The molecule has 0 saturated heterocycles. The Hall–Kier alpha value is -2.34. The van der Waals surface area contributed by atoms with Crippen LogP contribution in [-0.2, 0) is 14.8 Å². The number of anilines is 2. The topological polar surface area (TPSA) is 66.5 Å². The van der Waals surface area contributed by atoms with Crippen molar-refractivity contribution in [2.24, 2.45) is 0 Å². The van der Waals surface area contributed by atoms with Crippen molar-refractivity contribution in [3.8, 4) is 0 Å². The molecule has 26 heavy (non-hydrogen) atoms. The van der Waals surface area contributed by atoms with E-state index in [2.05, 4.69) is 5.32 Å². The smallest absolute Gasteiger partial charge is 0.248 e. The molecule has 0 saturated carbocycles. The summed E-state index contributed by atoms with van der Waals surface area (Å²) in [5.41, 5.74) is 5.16. The molecular formula is C20H26N2O3S. The lowest BCUT2D eigenvalue weighted by Crippen LogP contribution is -2.45. The fraction of sp³-hybridized carbons (Fsp3) is 0.350. The number of carbonyl (C=O) groups excluding carboxylic acids is 1. The first-order valence-corrected chi connectivity index (χ1v) is 10.3. The van der Waals surface area contributed by atoms with Crippen molar-refractivity contribution in [1.29, 1.82) is 0 Å². The number of benzene rings is 2. The number of rotatable bonds is 5. The Labute approximate surface area is 156 Å². The Morgan fingerprint density at radius 1 is 0.962 bits per heavy atom. The summed E-state index contributed by atoms with van der Waals surface area (Å²) in [6, 6.07) is 10.3. The van der Waals surface area contributed by atoms with Gasteiger partial charge in [-0.3, -0.25) is 9.10 Å². The lowest BCUT2D eigenvalue weighted by Gasteiger charge is -2.29. The Morgan fingerprint density at radius 2 is 1.58 bits per heavy atom. The van der Waals surface area contributed by atoms with Crippen molar-refractivity contribution in [3.05, 3.63) is 58.7 Å². The average Bonchev–Trinajstić information content (AvgIpc) is 2.53. The van der Waals surface area contributed by atoms with Crippen molar-refractivity contribution in [2.75, 3.05) is 15.9 Å². The van der Waals surface area contributed by atoms with Gasteiger partial charge in [0, 0.05) is 5.69 Å². The van der Waals surface area contributed by atoms with Crippen LogP contribution in [0.3, 0.4) is 0 Å². The van der Waals surface area contributed by atoms with Gasteiger partial charge in [0.05, 0.1) is 11.9 Å². The third-order valence-electron chi connectivity index (χ3n) is 4.48. The molecule has 0 fully saturated rings. The highest BCUT2D eigenvalue weighted by atomic mass is 32.2. The Balaban J connectivity index is 2.37. The lowest BCUT2D eigenvalue weighted by molar-refractivity contribution is -0.116. The van der Waals surface area contributed by atoms with Crippen LogP contribution in [0.25, 0.3) is 0 Å². The number of nitrogens with one attached hydrogen (secondary N) is 1. The van der Waals surface area contributed by atoms with E-state index < -0.39 is 16.1 Å². The van der Waals surface area contributed by atoms with E-state index in [4.69, 9.17) is 0 Å². The number of hydrogen-bond acceptors (Lipinski definition) is 3. The van der Waals surface area contributed by atoms with Crippen molar-refractivity contribution < 1.29 is 13.2 Å². The van der Waals surface area contributed by atoms with Gasteiger partial charge in [-0.2, -0.15) is 0 Å². The zero-order valence-corrected chi connectivity index (χ0v) is 16.9. The quantitative estimate of drug-likeness (QED) is 0.867. The molecule has 0 aliphatic heterocycles. The SMILES string of the molecule is Cc1ccc(C)c(NC(=O)[C@@H](C)N(c2ccc(C)c(C)c2)S(C)(=O)=O)c1. The maximum atomic E-state index is 12.8. The third kappa shape index (κ3) is 4.43. The highest BCUT2D eigenvalue weighted by Gasteiger charge is 2.29. The molecule has 140 valence electrons. The van der Waals surface area contributed by atoms with Gasteiger partial charge >= 0.3 is 0 Å². The molecule has 1 atom stereocenters. The molecule has 6 heteroatoms. The summed E-state index contributed by atoms with van der Waals surface area (Å²) in [4.78, 5) is 12.8. The van der Waals surface area contributed by atoms with Gasteiger partial charge in [0.2, 0.25) is 15.9 Å². The summed E-state index contributed by atoms with van der Waals surface area (Å²) in [5, 5.41) is 2.85. The van der Waals surface area contributed by atoms with Crippen molar-refractivity contribution in [3.63, 3.8) is 0 Å². The van der Waals surface area contributed by atoms with Crippen LogP contribution in [0.4, 0.5) is 11.4 Å². The van der Waals surface area contributed by atoms with Gasteiger partial charge in [-0.25, -0.2) is 8.42 Å². The molecule has 0 heterocycles. The molecule has 0 radical (unpaired) electrons. The van der Waals surface area contributed by atoms with E-state index in [1.807, 2.05) is 52.0 Å². The molecule has 1 amide bonds. The predicted molar refractivity (Wildman–Crippen MR) is 107 cm³/mol. The number of amides is 1. The van der Waals surface area contributed by atoms with Crippen LogP contribution in [0.5, 0.6) is 0 Å². The van der Waals surface area contributed by atoms with Crippen LogP contribution in [-0.4, -0.2) is 26.6 Å². The van der Waals surface area contributed by atoms with Crippen LogP contribution in [0, 0.1) is 27.7 Å². The Bertz CT molecular complexity index is 936. The second-order valence-electron chi connectivity index (χ2n) is 6.81. The first-order chi connectivity index (χ1) is 12.0. The van der Waals surface area contributed by atoms with E-state index in [1.165, 1.54) is 4.31 Å². The molecule has 0 aliphatic rings. The van der Waals surface area contributed by atoms with E-state index in [0.717, 1.165) is 28.5 Å². The zero-order chi connectivity index (χ0) is 19.6. The largest absolute Gasteiger partial charge is 0.324 e. The summed E-state index contributed by atoms with van der Waals surface area (Å²) in [7, 11) is -3.63. The molecule has 0 aliphatic carbocycles. The van der Waals surface area contributed by atoms with Crippen LogP contribution < -0.4 is 9.62 Å². The molecule has 0 spiro atoms. The van der Waals surface area contributed by atoms with E-state index in [1.54, 1.807) is 19.1 Å². The number of sulfonamides is 1. The maximum Gasteiger partial charge on any atom is 0.248 e. The highest BCUT2D eigenvalue weighted by Crippen LogP contribution is 2.25. The fourth-order valence-corrected chi connectivity index (χ4v) is 3.95. The zero-order valence-electron chi connectivity index (χ0n) is 16.1. The van der Waals surface area contributed by atoms with Crippen LogP contribution in [0.15, 0.2) is 36.4 Å². The molecule has 2 aromatic rings. The van der Waals surface area contributed by atoms with Gasteiger partial charge in [-0.1, -0.05) is 18.2 Å². The van der Waals surface area contributed by atoms with Crippen molar-refractivity contribution in [1.82, 2.24) is 0 Å². The molecule has 2 aromatic carbocycles. The molecule has 0 bridgehead atoms. The first kappa shape index (κ1) is 20.0.